The van der Waals surface area contributed by atoms with Gasteiger partial charge in [-0.15, -0.1) is 0 Å². The minimum Gasteiger partial charge on any atom is -0.393 e. The monoisotopic (exact) mass is 327 g/mol. The van der Waals surface area contributed by atoms with E-state index in [2.05, 4.69) is 37.0 Å². The number of nitrogens with two attached hydrogens (primary N) is 1. The van der Waals surface area contributed by atoms with Crippen molar-refractivity contribution in [3.8, 4) is 0 Å². The van der Waals surface area contributed by atoms with Gasteiger partial charge in [0.05, 0.1) is 0 Å². The molecular weight excluding hydrogens is 302 g/mol. The maximum Gasteiger partial charge on any atom is 0.157 e. The largest absolute Gasteiger partial charge is 0.393 e. The summed E-state index contributed by atoms with van der Waals surface area (Å²) < 4.78 is 0. The summed E-state index contributed by atoms with van der Waals surface area (Å²) in [5.41, 5.74) is 6.93. The Kier molecular flexibility index (Phi) is 5.30. The Bertz CT molecular complexity index is 639. The lowest BCUT2D eigenvalue weighted by molar-refractivity contribution is 0.642. The van der Waals surface area contributed by atoms with Crippen LogP contribution in [0.5, 0.6) is 0 Å². The minimum atomic E-state index is 0.639. The van der Waals surface area contributed by atoms with Gasteiger partial charge in [-0.05, 0) is 18.6 Å². The first-order valence-electron chi connectivity index (χ1n) is 8.55. The van der Waals surface area contributed by atoms with Crippen LogP contribution in [0.2, 0.25) is 0 Å². The number of nitrogens with one attached hydrogen (secondary N) is 1. The first kappa shape index (κ1) is 16.3. The van der Waals surface area contributed by atoms with E-state index in [0.717, 1.165) is 63.0 Å². The second kappa shape index (κ2) is 7.81. The third-order valence-corrected chi connectivity index (χ3v) is 4.24. The van der Waals surface area contributed by atoms with Crippen LogP contribution >= 0.6 is 0 Å². The van der Waals surface area contributed by atoms with Crippen LogP contribution in [0.25, 0.3) is 0 Å². The summed E-state index contributed by atoms with van der Waals surface area (Å²) in [7, 11) is 0. The lowest BCUT2D eigenvalue weighted by Crippen LogP contribution is -2.47. The van der Waals surface area contributed by atoms with Gasteiger partial charge in [-0.3, -0.25) is 0 Å². The van der Waals surface area contributed by atoms with Crippen LogP contribution < -0.4 is 20.9 Å². The zero-order valence-electron chi connectivity index (χ0n) is 14.1. The zero-order valence-corrected chi connectivity index (χ0v) is 14.1. The number of hydrogen-bond donors (Lipinski definition) is 2. The third-order valence-electron chi connectivity index (χ3n) is 4.24. The van der Waals surface area contributed by atoms with Crippen molar-refractivity contribution in [1.29, 1.82) is 0 Å². The van der Waals surface area contributed by atoms with E-state index in [4.69, 9.17) is 5.73 Å². The SMILES string of the molecule is CCCCNc1ncnc(N2CCN(c3ccccn3)CC2)c1N. The molecule has 1 fully saturated rings. The van der Waals surface area contributed by atoms with E-state index < -0.39 is 0 Å². The number of pyridine rings is 1. The van der Waals surface area contributed by atoms with Gasteiger partial charge in [0, 0.05) is 38.9 Å². The Balaban J connectivity index is 1.65. The van der Waals surface area contributed by atoms with Crippen molar-refractivity contribution >= 4 is 23.1 Å². The summed E-state index contributed by atoms with van der Waals surface area (Å²) in [5.74, 6) is 2.58. The molecule has 1 saturated heterocycles. The maximum absolute atomic E-state index is 6.29. The highest BCUT2D eigenvalue weighted by Crippen LogP contribution is 2.27. The van der Waals surface area contributed by atoms with Gasteiger partial charge in [0.1, 0.15) is 17.8 Å². The Labute approximate surface area is 142 Å². The molecule has 2 aromatic rings. The quantitative estimate of drug-likeness (QED) is 0.785. The summed E-state index contributed by atoms with van der Waals surface area (Å²) in [4.78, 5) is 17.6. The molecule has 0 spiro atoms. The average Bonchev–Trinajstić information content (AvgIpc) is 2.64. The highest BCUT2D eigenvalue weighted by atomic mass is 15.3. The van der Waals surface area contributed by atoms with Gasteiger partial charge in [0.15, 0.2) is 11.6 Å². The molecule has 0 atom stereocenters. The first-order valence-corrected chi connectivity index (χ1v) is 8.55. The molecule has 3 heterocycles. The van der Waals surface area contributed by atoms with Crippen LogP contribution in [-0.2, 0) is 0 Å². The molecule has 7 nitrogen and oxygen atoms in total. The van der Waals surface area contributed by atoms with E-state index >= 15 is 0 Å². The smallest absolute Gasteiger partial charge is 0.157 e. The Morgan fingerprint density at radius 3 is 2.58 bits per heavy atom. The highest BCUT2D eigenvalue weighted by Gasteiger charge is 2.21. The van der Waals surface area contributed by atoms with E-state index in [-0.39, 0.29) is 0 Å². The second-order valence-corrected chi connectivity index (χ2v) is 5.90. The van der Waals surface area contributed by atoms with E-state index in [1.165, 1.54) is 0 Å². The van der Waals surface area contributed by atoms with Crippen molar-refractivity contribution in [3.63, 3.8) is 0 Å². The van der Waals surface area contributed by atoms with Crippen LogP contribution in [0.3, 0.4) is 0 Å². The number of nitrogen functional groups attached to an aromatic ring is 1. The number of aromatic nitrogens is 3. The number of anilines is 4. The second-order valence-electron chi connectivity index (χ2n) is 5.90. The lowest BCUT2D eigenvalue weighted by Gasteiger charge is -2.36. The molecule has 1 aliphatic rings. The van der Waals surface area contributed by atoms with Crippen LogP contribution in [0.4, 0.5) is 23.1 Å². The molecule has 0 amide bonds. The fourth-order valence-electron chi connectivity index (χ4n) is 2.85. The molecule has 1 aliphatic heterocycles. The van der Waals surface area contributed by atoms with E-state index in [0.29, 0.717) is 5.69 Å². The standard InChI is InChI=1S/C17H25N7/c1-2-3-7-20-16-15(18)17(22-13-21-16)24-11-9-23(10-12-24)14-6-4-5-8-19-14/h4-6,8,13H,2-3,7,9-12,18H2,1H3,(H,20,21,22). The van der Waals surface area contributed by atoms with Crippen molar-refractivity contribution in [1.82, 2.24) is 15.0 Å². The molecular formula is C17H25N7. The van der Waals surface area contributed by atoms with Crippen LogP contribution in [-0.4, -0.2) is 47.7 Å². The summed E-state index contributed by atoms with van der Waals surface area (Å²) in [6, 6.07) is 6.00. The number of unbranched alkanes of at least 4 members (excludes halogenated alkanes) is 1. The molecule has 0 saturated carbocycles. The van der Waals surface area contributed by atoms with Crippen molar-refractivity contribution in [2.75, 3.05) is 53.6 Å². The minimum absolute atomic E-state index is 0.639. The Morgan fingerprint density at radius 2 is 1.88 bits per heavy atom. The van der Waals surface area contributed by atoms with Gasteiger partial charge in [0.25, 0.3) is 0 Å². The summed E-state index contributed by atoms with van der Waals surface area (Å²) >= 11 is 0. The molecule has 0 unspecified atom stereocenters. The van der Waals surface area contributed by atoms with E-state index in [1.54, 1.807) is 6.33 Å². The van der Waals surface area contributed by atoms with Crippen molar-refractivity contribution < 1.29 is 0 Å². The topological polar surface area (TPSA) is 83.2 Å². The Hall–Kier alpha value is -2.57. The van der Waals surface area contributed by atoms with Crippen LogP contribution in [0.15, 0.2) is 30.7 Å². The fourth-order valence-corrected chi connectivity index (χ4v) is 2.85. The average molecular weight is 327 g/mol. The number of piperazine rings is 1. The molecule has 2 aromatic heterocycles. The van der Waals surface area contributed by atoms with Crippen molar-refractivity contribution in [3.05, 3.63) is 30.7 Å². The van der Waals surface area contributed by atoms with Crippen molar-refractivity contribution in [2.45, 2.75) is 19.8 Å². The van der Waals surface area contributed by atoms with Gasteiger partial charge in [-0.2, -0.15) is 0 Å². The van der Waals surface area contributed by atoms with Gasteiger partial charge in [-0.25, -0.2) is 15.0 Å². The third kappa shape index (κ3) is 3.67. The zero-order chi connectivity index (χ0) is 16.8. The molecule has 0 aliphatic carbocycles. The lowest BCUT2D eigenvalue weighted by atomic mass is 10.2. The molecule has 7 heteroatoms. The number of rotatable bonds is 6. The molecule has 0 bridgehead atoms. The van der Waals surface area contributed by atoms with Gasteiger partial charge in [-0.1, -0.05) is 19.4 Å². The normalized spacial score (nSPS) is 14.7. The summed E-state index contributed by atoms with van der Waals surface area (Å²) in [5, 5.41) is 3.30. The number of nitrogens with zero attached hydrogens (tertiary/aromatic N) is 5. The molecule has 128 valence electrons. The predicted octanol–water partition coefficient (Wildman–Crippen LogP) is 1.99. The molecule has 0 radical (unpaired) electrons. The molecule has 0 aromatic carbocycles. The predicted molar refractivity (Wildman–Crippen MR) is 98.5 cm³/mol. The summed E-state index contributed by atoms with van der Waals surface area (Å²) in [6.45, 7) is 6.58. The molecule has 3 rings (SSSR count). The van der Waals surface area contributed by atoms with Gasteiger partial charge in [0.2, 0.25) is 0 Å². The van der Waals surface area contributed by atoms with E-state index in [1.807, 2.05) is 24.4 Å². The first-order chi connectivity index (χ1) is 11.8. The maximum atomic E-state index is 6.29. The van der Waals surface area contributed by atoms with Gasteiger partial charge < -0.3 is 20.9 Å². The highest BCUT2D eigenvalue weighted by molar-refractivity contribution is 5.75. The van der Waals surface area contributed by atoms with Crippen LogP contribution in [0.1, 0.15) is 19.8 Å². The Morgan fingerprint density at radius 1 is 1.08 bits per heavy atom. The van der Waals surface area contributed by atoms with E-state index in [9.17, 15) is 0 Å². The summed E-state index contributed by atoms with van der Waals surface area (Å²) in [6.07, 6.45) is 5.66. The molecule has 24 heavy (non-hydrogen) atoms. The van der Waals surface area contributed by atoms with Crippen molar-refractivity contribution in [2.24, 2.45) is 0 Å². The van der Waals surface area contributed by atoms with Gasteiger partial charge >= 0.3 is 0 Å². The molecule has 3 N–H and O–H groups in total. The fraction of sp³-hybridized carbons (Fsp3) is 0.471. The van der Waals surface area contributed by atoms with Crippen LogP contribution in [0, 0.1) is 0 Å². The number of hydrogen-bond acceptors (Lipinski definition) is 7.